The minimum atomic E-state index is -1.00. The number of carbonyl (C=O) groups is 2. The van der Waals surface area contributed by atoms with E-state index in [1.807, 2.05) is 24.3 Å². The topological polar surface area (TPSA) is 107 Å². The number of para-hydroxylation sites is 1. The van der Waals surface area contributed by atoms with Crippen LogP contribution in [0.1, 0.15) is 49.2 Å². The van der Waals surface area contributed by atoms with E-state index in [0.29, 0.717) is 11.6 Å². The summed E-state index contributed by atoms with van der Waals surface area (Å²) in [6.07, 6.45) is 2.65. The van der Waals surface area contributed by atoms with Gasteiger partial charge in [-0.25, -0.2) is 14.8 Å². The standard InChI is InChI=1S/C18H22N4O3/c1-4-11(2)13-7-5-6-8-14(13)22-17(23)12(3)25-18(24)15-16(19)21-10-9-20-15/h5-12H,4H2,1-3H3,(H2,19,21)(H,22,23). The molecule has 2 rings (SSSR count). The Kier molecular flexibility index (Phi) is 6.05. The van der Waals surface area contributed by atoms with Crippen molar-refractivity contribution in [1.82, 2.24) is 9.97 Å². The monoisotopic (exact) mass is 342 g/mol. The molecule has 1 amide bonds. The zero-order valence-corrected chi connectivity index (χ0v) is 14.5. The first-order valence-corrected chi connectivity index (χ1v) is 8.11. The van der Waals surface area contributed by atoms with Gasteiger partial charge in [0.15, 0.2) is 17.6 Å². The third-order valence-corrected chi connectivity index (χ3v) is 3.93. The molecule has 0 radical (unpaired) electrons. The number of benzene rings is 1. The van der Waals surface area contributed by atoms with Crippen LogP contribution in [0.3, 0.4) is 0 Å². The second-order valence-electron chi connectivity index (χ2n) is 5.72. The Morgan fingerprint density at radius 3 is 2.56 bits per heavy atom. The van der Waals surface area contributed by atoms with Gasteiger partial charge in [0, 0.05) is 18.1 Å². The van der Waals surface area contributed by atoms with Gasteiger partial charge in [0.25, 0.3) is 5.91 Å². The molecule has 0 saturated heterocycles. The van der Waals surface area contributed by atoms with Crippen molar-refractivity contribution >= 4 is 23.4 Å². The molecule has 0 aliphatic rings. The molecule has 1 heterocycles. The molecule has 0 saturated carbocycles. The number of ether oxygens (including phenoxy) is 1. The number of nitrogens with one attached hydrogen (secondary N) is 1. The van der Waals surface area contributed by atoms with Gasteiger partial charge in [-0.2, -0.15) is 0 Å². The van der Waals surface area contributed by atoms with E-state index >= 15 is 0 Å². The van der Waals surface area contributed by atoms with Crippen LogP contribution in [0.15, 0.2) is 36.7 Å². The molecular formula is C18H22N4O3. The lowest BCUT2D eigenvalue weighted by Crippen LogP contribution is -2.31. The fourth-order valence-electron chi connectivity index (χ4n) is 2.27. The average Bonchev–Trinajstić information content (AvgIpc) is 2.61. The Morgan fingerprint density at radius 2 is 1.88 bits per heavy atom. The number of rotatable bonds is 6. The van der Waals surface area contributed by atoms with Crippen LogP contribution in [0.5, 0.6) is 0 Å². The molecule has 7 heteroatoms. The Balaban J connectivity index is 2.06. The van der Waals surface area contributed by atoms with Gasteiger partial charge in [-0.3, -0.25) is 4.79 Å². The molecule has 3 N–H and O–H groups in total. The third kappa shape index (κ3) is 4.53. The number of nitrogens with two attached hydrogens (primary N) is 1. The van der Waals surface area contributed by atoms with E-state index in [0.717, 1.165) is 12.0 Å². The zero-order chi connectivity index (χ0) is 18.4. The van der Waals surface area contributed by atoms with Gasteiger partial charge in [0.2, 0.25) is 0 Å². The molecular weight excluding hydrogens is 320 g/mol. The van der Waals surface area contributed by atoms with Gasteiger partial charge in [-0.15, -0.1) is 0 Å². The maximum absolute atomic E-state index is 12.4. The van der Waals surface area contributed by atoms with Gasteiger partial charge in [0.1, 0.15) is 0 Å². The highest BCUT2D eigenvalue weighted by atomic mass is 16.5. The Morgan fingerprint density at radius 1 is 1.20 bits per heavy atom. The van der Waals surface area contributed by atoms with Gasteiger partial charge in [0.05, 0.1) is 0 Å². The minimum Gasteiger partial charge on any atom is -0.448 e. The van der Waals surface area contributed by atoms with Crippen molar-refractivity contribution in [2.45, 2.75) is 39.2 Å². The summed E-state index contributed by atoms with van der Waals surface area (Å²) in [7, 11) is 0. The van der Waals surface area contributed by atoms with E-state index in [-0.39, 0.29) is 11.5 Å². The predicted molar refractivity (Wildman–Crippen MR) is 95.1 cm³/mol. The number of nitrogens with zero attached hydrogens (tertiary/aromatic N) is 2. The summed E-state index contributed by atoms with van der Waals surface area (Å²) in [5.41, 5.74) is 7.23. The van der Waals surface area contributed by atoms with E-state index in [1.165, 1.54) is 19.3 Å². The number of carbonyl (C=O) groups excluding carboxylic acids is 2. The van der Waals surface area contributed by atoms with Crippen molar-refractivity contribution in [3.8, 4) is 0 Å². The normalized spacial score (nSPS) is 12.9. The van der Waals surface area contributed by atoms with Gasteiger partial charge >= 0.3 is 5.97 Å². The molecule has 2 atom stereocenters. The molecule has 7 nitrogen and oxygen atoms in total. The number of hydrogen-bond acceptors (Lipinski definition) is 6. The fraction of sp³-hybridized carbons (Fsp3) is 0.333. The molecule has 0 aliphatic carbocycles. The third-order valence-electron chi connectivity index (χ3n) is 3.93. The maximum atomic E-state index is 12.4. The van der Waals surface area contributed by atoms with Gasteiger partial charge < -0.3 is 15.8 Å². The lowest BCUT2D eigenvalue weighted by molar-refractivity contribution is -0.123. The zero-order valence-electron chi connectivity index (χ0n) is 14.5. The molecule has 132 valence electrons. The Labute approximate surface area is 146 Å². The predicted octanol–water partition coefficient (Wildman–Crippen LogP) is 2.76. The highest BCUT2D eigenvalue weighted by Gasteiger charge is 2.22. The molecule has 0 bridgehead atoms. The maximum Gasteiger partial charge on any atom is 0.361 e. The summed E-state index contributed by atoms with van der Waals surface area (Å²) in [6, 6.07) is 7.57. The van der Waals surface area contributed by atoms with Crippen molar-refractivity contribution in [3.05, 3.63) is 47.9 Å². The second-order valence-corrected chi connectivity index (χ2v) is 5.72. The smallest absolute Gasteiger partial charge is 0.361 e. The highest BCUT2D eigenvalue weighted by molar-refractivity contribution is 5.98. The van der Waals surface area contributed by atoms with E-state index in [4.69, 9.17) is 10.5 Å². The van der Waals surface area contributed by atoms with Crippen LogP contribution in [0.25, 0.3) is 0 Å². The molecule has 0 spiro atoms. The summed E-state index contributed by atoms with van der Waals surface area (Å²) in [5, 5.41) is 2.81. The van der Waals surface area contributed by atoms with E-state index in [2.05, 4.69) is 29.1 Å². The lowest BCUT2D eigenvalue weighted by atomic mass is 9.97. The van der Waals surface area contributed by atoms with Crippen LogP contribution in [0.4, 0.5) is 11.5 Å². The SMILES string of the molecule is CCC(C)c1ccccc1NC(=O)C(C)OC(=O)c1nccnc1N. The molecule has 25 heavy (non-hydrogen) atoms. The minimum absolute atomic E-state index is 0.0396. The van der Waals surface area contributed by atoms with Crippen molar-refractivity contribution in [1.29, 1.82) is 0 Å². The van der Waals surface area contributed by atoms with Crippen LogP contribution < -0.4 is 11.1 Å². The summed E-state index contributed by atoms with van der Waals surface area (Å²) in [5.74, 6) is -0.953. The van der Waals surface area contributed by atoms with E-state index in [9.17, 15) is 9.59 Å². The van der Waals surface area contributed by atoms with Gasteiger partial charge in [-0.1, -0.05) is 32.0 Å². The molecule has 1 aromatic heterocycles. The van der Waals surface area contributed by atoms with Crippen molar-refractivity contribution in [2.24, 2.45) is 0 Å². The van der Waals surface area contributed by atoms with Crippen LogP contribution in [-0.4, -0.2) is 27.9 Å². The van der Waals surface area contributed by atoms with Crippen LogP contribution in [-0.2, 0) is 9.53 Å². The van der Waals surface area contributed by atoms with E-state index < -0.39 is 18.0 Å². The van der Waals surface area contributed by atoms with Crippen LogP contribution in [0, 0.1) is 0 Å². The first kappa shape index (κ1) is 18.4. The largest absolute Gasteiger partial charge is 0.448 e. The quantitative estimate of drug-likeness (QED) is 0.782. The number of nitrogen functional groups attached to an aromatic ring is 1. The van der Waals surface area contributed by atoms with Gasteiger partial charge in [-0.05, 0) is 30.9 Å². The number of aromatic nitrogens is 2. The fourth-order valence-corrected chi connectivity index (χ4v) is 2.27. The van der Waals surface area contributed by atoms with E-state index in [1.54, 1.807) is 0 Å². The average molecular weight is 342 g/mol. The second kappa shape index (κ2) is 8.23. The number of esters is 1. The molecule has 0 fully saturated rings. The summed E-state index contributed by atoms with van der Waals surface area (Å²) in [6.45, 7) is 5.66. The van der Waals surface area contributed by atoms with Crippen molar-refractivity contribution in [3.63, 3.8) is 0 Å². The number of amides is 1. The summed E-state index contributed by atoms with van der Waals surface area (Å²) < 4.78 is 5.14. The lowest BCUT2D eigenvalue weighted by Gasteiger charge is -2.18. The molecule has 2 aromatic rings. The Bertz CT molecular complexity index is 763. The molecule has 1 aromatic carbocycles. The van der Waals surface area contributed by atoms with Crippen LogP contribution >= 0.6 is 0 Å². The highest BCUT2D eigenvalue weighted by Crippen LogP contribution is 2.26. The van der Waals surface area contributed by atoms with Crippen LogP contribution in [0.2, 0.25) is 0 Å². The first-order chi connectivity index (χ1) is 11.9. The summed E-state index contributed by atoms with van der Waals surface area (Å²) >= 11 is 0. The Hall–Kier alpha value is -2.96. The number of anilines is 2. The summed E-state index contributed by atoms with van der Waals surface area (Å²) in [4.78, 5) is 32.0. The molecule has 2 unspecified atom stereocenters. The number of hydrogen-bond donors (Lipinski definition) is 2. The van der Waals surface area contributed by atoms with Crippen molar-refractivity contribution < 1.29 is 14.3 Å². The van der Waals surface area contributed by atoms with Crippen molar-refractivity contribution in [2.75, 3.05) is 11.1 Å². The first-order valence-electron chi connectivity index (χ1n) is 8.11. The molecule has 0 aliphatic heterocycles.